The molecule has 0 aliphatic carbocycles. The molecule has 0 radical (unpaired) electrons. The monoisotopic (exact) mass is 286 g/mol. The Hall–Kier alpha value is -2.49. The van der Waals surface area contributed by atoms with Gasteiger partial charge in [0.1, 0.15) is 23.9 Å². The average Bonchev–Trinajstić information content (AvgIpc) is 2.52. The summed E-state index contributed by atoms with van der Waals surface area (Å²) in [5.41, 5.74) is 1.45. The lowest BCUT2D eigenvalue weighted by molar-refractivity contribution is 0.101. The summed E-state index contributed by atoms with van der Waals surface area (Å²) in [5, 5.41) is 0. The minimum Gasteiger partial charge on any atom is -0.496 e. The quantitative estimate of drug-likeness (QED) is 0.763. The first-order chi connectivity index (χ1) is 10.2. The lowest BCUT2D eigenvalue weighted by atomic mass is 10.1. The van der Waals surface area contributed by atoms with Gasteiger partial charge < -0.3 is 14.2 Å². The van der Waals surface area contributed by atoms with E-state index in [0.29, 0.717) is 29.4 Å². The Bertz CT molecular complexity index is 612. The summed E-state index contributed by atoms with van der Waals surface area (Å²) in [5.74, 6) is 2.06. The maximum Gasteiger partial charge on any atom is 0.159 e. The molecule has 0 aliphatic rings. The molecule has 0 fully saturated rings. The van der Waals surface area contributed by atoms with Crippen LogP contribution in [-0.2, 0) is 6.61 Å². The molecule has 21 heavy (non-hydrogen) atoms. The highest BCUT2D eigenvalue weighted by Gasteiger charge is 2.11. The van der Waals surface area contributed by atoms with Crippen LogP contribution in [0.1, 0.15) is 22.8 Å². The molecule has 4 heteroatoms. The van der Waals surface area contributed by atoms with Crippen LogP contribution in [0.25, 0.3) is 0 Å². The highest BCUT2D eigenvalue weighted by molar-refractivity contribution is 5.94. The molecule has 2 rings (SSSR count). The van der Waals surface area contributed by atoms with E-state index in [1.54, 1.807) is 32.4 Å². The number of ether oxygens (including phenoxy) is 3. The van der Waals surface area contributed by atoms with Gasteiger partial charge in [-0.2, -0.15) is 0 Å². The summed E-state index contributed by atoms with van der Waals surface area (Å²) in [7, 11) is 3.21. The SMILES string of the molecule is COc1cccc(OC)c1COc1cccc(C(C)=O)c1. The predicted molar refractivity (Wildman–Crippen MR) is 80.3 cm³/mol. The fraction of sp³-hybridized carbons (Fsp3) is 0.235. The van der Waals surface area contributed by atoms with E-state index < -0.39 is 0 Å². The van der Waals surface area contributed by atoms with E-state index in [4.69, 9.17) is 14.2 Å². The Morgan fingerprint density at radius 1 is 1.00 bits per heavy atom. The number of benzene rings is 2. The van der Waals surface area contributed by atoms with Crippen LogP contribution in [-0.4, -0.2) is 20.0 Å². The van der Waals surface area contributed by atoms with Crippen molar-refractivity contribution in [2.75, 3.05) is 14.2 Å². The van der Waals surface area contributed by atoms with Gasteiger partial charge in [-0.1, -0.05) is 18.2 Å². The maximum absolute atomic E-state index is 11.4. The number of ketones is 1. The van der Waals surface area contributed by atoms with Gasteiger partial charge in [-0.15, -0.1) is 0 Å². The van der Waals surface area contributed by atoms with Crippen LogP contribution in [0.5, 0.6) is 17.2 Å². The summed E-state index contributed by atoms with van der Waals surface area (Å²) in [6, 6.07) is 12.7. The van der Waals surface area contributed by atoms with Crippen molar-refractivity contribution in [3.05, 3.63) is 53.6 Å². The van der Waals surface area contributed by atoms with Crippen molar-refractivity contribution in [1.82, 2.24) is 0 Å². The molecule has 0 saturated carbocycles. The Morgan fingerprint density at radius 2 is 1.62 bits per heavy atom. The third-order valence-electron chi connectivity index (χ3n) is 3.15. The van der Waals surface area contributed by atoms with Gasteiger partial charge in [-0.25, -0.2) is 0 Å². The molecule has 2 aromatic carbocycles. The van der Waals surface area contributed by atoms with Gasteiger partial charge in [0.15, 0.2) is 5.78 Å². The van der Waals surface area contributed by atoms with E-state index in [2.05, 4.69) is 0 Å². The normalized spacial score (nSPS) is 10.0. The first kappa shape index (κ1) is 14.9. The van der Waals surface area contributed by atoms with Crippen LogP contribution >= 0.6 is 0 Å². The standard InChI is InChI=1S/C17H18O4/c1-12(18)13-6-4-7-14(10-13)21-11-15-16(19-2)8-5-9-17(15)20-3/h4-10H,11H2,1-3H3. The summed E-state index contributed by atoms with van der Waals surface area (Å²) in [6.45, 7) is 1.83. The number of methoxy groups -OCH3 is 2. The first-order valence-electron chi connectivity index (χ1n) is 6.59. The molecular formula is C17H18O4. The Morgan fingerprint density at radius 3 is 2.19 bits per heavy atom. The number of Topliss-reactive ketones (excluding diaryl/α,β-unsaturated/α-hetero) is 1. The maximum atomic E-state index is 11.4. The summed E-state index contributed by atoms with van der Waals surface area (Å²) >= 11 is 0. The second-order valence-electron chi connectivity index (χ2n) is 4.51. The van der Waals surface area contributed by atoms with Crippen LogP contribution in [0.3, 0.4) is 0 Å². The van der Waals surface area contributed by atoms with Crippen LogP contribution in [0.2, 0.25) is 0 Å². The number of hydrogen-bond acceptors (Lipinski definition) is 4. The van der Waals surface area contributed by atoms with E-state index in [1.165, 1.54) is 6.92 Å². The molecule has 0 aliphatic heterocycles. The highest BCUT2D eigenvalue weighted by atomic mass is 16.5. The highest BCUT2D eigenvalue weighted by Crippen LogP contribution is 2.29. The first-order valence-corrected chi connectivity index (χ1v) is 6.59. The van der Waals surface area contributed by atoms with E-state index in [-0.39, 0.29) is 5.78 Å². The lowest BCUT2D eigenvalue weighted by Crippen LogP contribution is -2.02. The third kappa shape index (κ3) is 3.54. The largest absolute Gasteiger partial charge is 0.496 e. The van der Waals surface area contributed by atoms with E-state index >= 15 is 0 Å². The van der Waals surface area contributed by atoms with Crippen molar-refractivity contribution in [3.8, 4) is 17.2 Å². The molecule has 110 valence electrons. The van der Waals surface area contributed by atoms with Crippen LogP contribution < -0.4 is 14.2 Å². The molecule has 0 saturated heterocycles. The number of carbonyl (C=O) groups is 1. The predicted octanol–water partition coefficient (Wildman–Crippen LogP) is 3.49. The van der Waals surface area contributed by atoms with Crippen molar-refractivity contribution in [3.63, 3.8) is 0 Å². The molecule has 0 spiro atoms. The second kappa shape index (κ2) is 6.79. The number of hydrogen-bond donors (Lipinski definition) is 0. The molecule has 0 aromatic heterocycles. The van der Waals surface area contributed by atoms with Crippen LogP contribution in [0.15, 0.2) is 42.5 Å². The lowest BCUT2D eigenvalue weighted by Gasteiger charge is -2.14. The van der Waals surface area contributed by atoms with Crippen LogP contribution in [0.4, 0.5) is 0 Å². The molecular weight excluding hydrogens is 268 g/mol. The topological polar surface area (TPSA) is 44.8 Å². The van der Waals surface area contributed by atoms with E-state index in [0.717, 1.165) is 5.56 Å². The summed E-state index contributed by atoms with van der Waals surface area (Å²) < 4.78 is 16.4. The summed E-state index contributed by atoms with van der Waals surface area (Å²) in [4.78, 5) is 11.4. The minimum absolute atomic E-state index is 0.00956. The second-order valence-corrected chi connectivity index (χ2v) is 4.51. The van der Waals surface area contributed by atoms with E-state index in [1.807, 2.05) is 24.3 Å². The molecule has 2 aromatic rings. The zero-order valence-corrected chi connectivity index (χ0v) is 12.4. The Balaban J connectivity index is 2.20. The van der Waals surface area contributed by atoms with Crippen molar-refractivity contribution < 1.29 is 19.0 Å². The van der Waals surface area contributed by atoms with Crippen molar-refractivity contribution in [2.24, 2.45) is 0 Å². The van der Waals surface area contributed by atoms with Gasteiger partial charge in [0, 0.05) is 5.56 Å². The molecule has 0 heterocycles. The zero-order valence-electron chi connectivity index (χ0n) is 12.4. The van der Waals surface area contributed by atoms with Crippen molar-refractivity contribution in [2.45, 2.75) is 13.5 Å². The van der Waals surface area contributed by atoms with Gasteiger partial charge >= 0.3 is 0 Å². The molecule has 0 bridgehead atoms. The number of carbonyl (C=O) groups excluding carboxylic acids is 1. The van der Waals surface area contributed by atoms with Crippen molar-refractivity contribution >= 4 is 5.78 Å². The zero-order chi connectivity index (χ0) is 15.2. The van der Waals surface area contributed by atoms with Gasteiger partial charge in [-0.3, -0.25) is 4.79 Å². The molecule has 0 atom stereocenters. The Kier molecular flexibility index (Phi) is 4.82. The average molecular weight is 286 g/mol. The molecule has 4 nitrogen and oxygen atoms in total. The van der Waals surface area contributed by atoms with E-state index in [9.17, 15) is 4.79 Å². The fourth-order valence-corrected chi connectivity index (χ4v) is 2.03. The van der Waals surface area contributed by atoms with Gasteiger partial charge in [0.25, 0.3) is 0 Å². The Labute approximate surface area is 124 Å². The summed E-state index contributed by atoms with van der Waals surface area (Å²) in [6.07, 6.45) is 0. The smallest absolute Gasteiger partial charge is 0.159 e. The third-order valence-corrected chi connectivity index (χ3v) is 3.15. The van der Waals surface area contributed by atoms with Gasteiger partial charge in [-0.05, 0) is 31.2 Å². The number of rotatable bonds is 6. The van der Waals surface area contributed by atoms with Crippen molar-refractivity contribution in [1.29, 1.82) is 0 Å². The molecule has 0 amide bonds. The van der Waals surface area contributed by atoms with Gasteiger partial charge in [0.05, 0.1) is 19.8 Å². The fourth-order valence-electron chi connectivity index (χ4n) is 2.03. The molecule has 0 unspecified atom stereocenters. The van der Waals surface area contributed by atoms with Gasteiger partial charge in [0.2, 0.25) is 0 Å². The minimum atomic E-state index is 0.00956. The molecule has 0 N–H and O–H groups in total. The van der Waals surface area contributed by atoms with Crippen LogP contribution in [0, 0.1) is 0 Å².